The topological polar surface area (TPSA) is 57.2 Å². The molecule has 0 radical (unpaired) electrons. The third-order valence-electron chi connectivity index (χ3n) is 6.18. The van der Waals surface area contributed by atoms with Crippen molar-refractivity contribution in [2.45, 2.75) is 12.2 Å². The maximum atomic E-state index is 10.7. The lowest BCUT2D eigenvalue weighted by Crippen LogP contribution is -2.07. The SMILES string of the molecule is C=CCOc1ccc(C(OCC#Cc2ccc(C(O)c3ccc(OC)cc3)cc2)c2ccc(OC)cc2)cc1. The van der Waals surface area contributed by atoms with E-state index in [1.165, 1.54) is 0 Å². The molecule has 0 aliphatic carbocycles. The summed E-state index contributed by atoms with van der Waals surface area (Å²) in [7, 11) is 3.26. The van der Waals surface area contributed by atoms with Gasteiger partial charge in [0.2, 0.25) is 0 Å². The average molecular weight is 521 g/mol. The predicted molar refractivity (Wildman–Crippen MR) is 153 cm³/mol. The number of aliphatic hydroxyl groups is 1. The lowest BCUT2D eigenvalue weighted by molar-refractivity contribution is 0.108. The molecule has 4 aromatic carbocycles. The Bertz CT molecular complexity index is 1380. The molecule has 0 amide bonds. The van der Waals surface area contributed by atoms with Crippen LogP contribution in [0.4, 0.5) is 0 Å². The van der Waals surface area contributed by atoms with Gasteiger partial charge in [0.05, 0.1) is 14.2 Å². The molecule has 2 unspecified atom stereocenters. The van der Waals surface area contributed by atoms with E-state index in [4.69, 9.17) is 18.9 Å². The highest BCUT2D eigenvalue weighted by Gasteiger charge is 2.15. The van der Waals surface area contributed by atoms with Gasteiger partial charge in [0.1, 0.15) is 42.7 Å². The van der Waals surface area contributed by atoms with Crippen LogP contribution in [0.2, 0.25) is 0 Å². The zero-order chi connectivity index (χ0) is 27.5. The molecule has 0 fully saturated rings. The van der Waals surface area contributed by atoms with Gasteiger partial charge >= 0.3 is 0 Å². The molecule has 5 nitrogen and oxygen atoms in total. The van der Waals surface area contributed by atoms with E-state index in [2.05, 4.69) is 18.4 Å². The minimum absolute atomic E-state index is 0.238. The third-order valence-corrected chi connectivity index (χ3v) is 6.18. The van der Waals surface area contributed by atoms with Gasteiger partial charge in [-0.15, -0.1) is 0 Å². The summed E-state index contributed by atoms with van der Waals surface area (Å²) in [6.07, 6.45) is 0.688. The quantitative estimate of drug-likeness (QED) is 0.181. The Hall–Kier alpha value is -4.50. The summed E-state index contributed by atoms with van der Waals surface area (Å²) in [5.74, 6) is 8.58. The lowest BCUT2D eigenvalue weighted by atomic mass is 10.0. The van der Waals surface area contributed by atoms with Gasteiger partial charge in [-0.3, -0.25) is 0 Å². The number of benzene rings is 4. The molecule has 0 aromatic heterocycles. The molecule has 0 spiro atoms. The lowest BCUT2D eigenvalue weighted by Gasteiger charge is -2.18. The summed E-state index contributed by atoms with van der Waals surface area (Å²) in [5.41, 5.74) is 4.42. The molecule has 4 aromatic rings. The van der Waals surface area contributed by atoms with Crippen molar-refractivity contribution in [1.82, 2.24) is 0 Å². The molecule has 1 N–H and O–H groups in total. The molecule has 0 heterocycles. The average Bonchev–Trinajstić information content (AvgIpc) is 3.00. The second-order valence-electron chi connectivity index (χ2n) is 8.73. The van der Waals surface area contributed by atoms with E-state index in [0.29, 0.717) is 6.61 Å². The highest BCUT2D eigenvalue weighted by molar-refractivity contribution is 5.40. The van der Waals surface area contributed by atoms with E-state index in [-0.39, 0.29) is 12.7 Å². The highest BCUT2D eigenvalue weighted by atomic mass is 16.5. The summed E-state index contributed by atoms with van der Waals surface area (Å²) in [5, 5.41) is 10.7. The summed E-state index contributed by atoms with van der Waals surface area (Å²) in [6.45, 7) is 4.38. The second kappa shape index (κ2) is 13.9. The van der Waals surface area contributed by atoms with Crippen molar-refractivity contribution >= 4 is 0 Å². The van der Waals surface area contributed by atoms with Crippen molar-refractivity contribution in [2.24, 2.45) is 0 Å². The van der Waals surface area contributed by atoms with Crippen LogP contribution in [-0.2, 0) is 4.74 Å². The van der Waals surface area contributed by atoms with Crippen LogP contribution in [0.1, 0.15) is 40.0 Å². The molecule has 198 valence electrons. The standard InChI is InChI=1S/C34H32O5/c1-4-23-38-32-21-15-29(16-22-32)34(28-13-19-31(37-3)20-14-28)39-24-5-6-25-7-9-26(10-8-25)33(35)27-11-17-30(36-2)18-12-27/h4,7-22,33-35H,1,23-24H2,2-3H3. The molecule has 0 aliphatic rings. The van der Waals surface area contributed by atoms with Gasteiger partial charge in [0.25, 0.3) is 0 Å². The van der Waals surface area contributed by atoms with Crippen molar-refractivity contribution < 1.29 is 24.1 Å². The smallest absolute Gasteiger partial charge is 0.119 e. The maximum absolute atomic E-state index is 10.7. The van der Waals surface area contributed by atoms with Crippen LogP contribution in [-0.4, -0.2) is 32.5 Å². The Morgan fingerprint density at radius 3 is 1.64 bits per heavy atom. The van der Waals surface area contributed by atoms with E-state index in [1.807, 2.05) is 97.1 Å². The second-order valence-corrected chi connectivity index (χ2v) is 8.73. The normalized spacial score (nSPS) is 12.0. The summed E-state index contributed by atoms with van der Waals surface area (Å²) in [4.78, 5) is 0. The first-order valence-corrected chi connectivity index (χ1v) is 12.6. The number of hydrogen-bond acceptors (Lipinski definition) is 5. The number of aliphatic hydroxyl groups excluding tert-OH is 1. The van der Waals surface area contributed by atoms with Gasteiger partial charge < -0.3 is 24.1 Å². The fraction of sp³-hybridized carbons (Fsp3) is 0.176. The van der Waals surface area contributed by atoms with Crippen molar-refractivity contribution in [3.05, 3.63) is 138 Å². The van der Waals surface area contributed by atoms with Gasteiger partial charge in [-0.05, 0) is 70.8 Å². The Morgan fingerprint density at radius 1 is 0.692 bits per heavy atom. The van der Waals surface area contributed by atoms with Crippen molar-refractivity contribution in [1.29, 1.82) is 0 Å². The van der Waals surface area contributed by atoms with E-state index < -0.39 is 6.10 Å². The molecule has 0 saturated heterocycles. The van der Waals surface area contributed by atoms with Crippen LogP contribution >= 0.6 is 0 Å². The third kappa shape index (κ3) is 7.52. The number of hydrogen-bond donors (Lipinski definition) is 1. The molecule has 2 atom stereocenters. The molecule has 5 heteroatoms. The summed E-state index contributed by atoms with van der Waals surface area (Å²) < 4.78 is 22.4. The van der Waals surface area contributed by atoms with E-state index in [0.717, 1.165) is 45.1 Å². The van der Waals surface area contributed by atoms with Crippen molar-refractivity contribution in [2.75, 3.05) is 27.4 Å². The Kier molecular flexibility index (Phi) is 9.80. The Labute approximate surface area is 230 Å². The minimum Gasteiger partial charge on any atom is -0.497 e. The maximum Gasteiger partial charge on any atom is 0.119 e. The van der Waals surface area contributed by atoms with E-state index in [1.54, 1.807) is 20.3 Å². The van der Waals surface area contributed by atoms with Crippen molar-refractivity contribution in [3.8, 4) is 29.1 Å². The monoisotopic (exact) mass is 520 g/mol. The van der Waals surface area contributed by atoms with Gasteiger partial charge in [-0.1, -0.05) is 73.0 Å². The molecule has 0 aliphatic heterocycles. The minimum atomic E-state index is -0.722. The highest BCUT2D eigenvalue weighted by Crippen LogP contribution is 2.29. The molecule has 0 bridgehead atoms. The first-order valence-electron chi connectivity index (χ1n) is 12.6. The van der Waals surface area contributed by atoms with Crippen LogP contribution in [0.3, 0.4) is 0 Å². The van der Waals surface area contributed by atoms with Crippen LogP contribution in [0, 0.1) is 11.8 Å². The van der Waals surface area contributed by atoms with Crippen LogP contribution in [0.5, 0.6) is 17.2 Å². The van der Waals surface area contributed by atoms with Crippen LogP contribution < -0.4 is 14.2 Å². The van der Waals surface area contributed by atoms with Gasteiger partial charge in [-0.2, -0.15) is 0 Å². The molecule has 4 rings (SSSR count). The number of methoxy groups -OCH3 is 2. The summed E-state index contributed by atoms with van der Waals surface area (Å²) in [6, 6.07) is 30.6. The molecular weight excluding hydrogens is 488 g/mol. The molecule has 0 saturated carbocycles. The van der Waals surface area contributed by atoms with Gasteiger partial charge in [0, 0.05) is 5.56 Å². The van der Waals surface area contributed by atoms with Crippen LogP contribution in [0.25, 0.3) is 0 Å². The largest absolute Gasteiger partial charge is 0.497 e. The van der Waals surface area contributed by atoms with E-state index >= 15 is 0 Å². The van der Waals surface area contributed by atoms with E-state index in [9.17, 15) is 5.11 Å². The zero-order valence-electron chi connectivity index (χ0n) is 22.2. The van der Waals surface area contributed by atoms with Crippen molar-refractivity contribution in [3.63, 3.8) is 0 Å². The van der Waals surface area contributed by atoms with Gasteiger partial charge in [-0.25, -0.2) is 0 Å². The Morgan fingerprint density at radius 2 is 1.15 bits per heavy atom. The summed E-state index contributed by atoms with van der Waals surface area (Å²) >= 11 is 0. The first-order chi connectivity index (χ1) is 19.1. The van der Waals surface area contributed by atoms with Gasteiger partial charge in [0.15, 0.2) is 0 Å². The first kappa shape index (κ1) is 27.5. The molecule has 39 heavy (non-hydrogen) atoms. The fourth-order valence-electron chi connectivity index (χ4n) is 4.05. The zero-order valence-corrected chi connectivity index (χ0v) is 22.2. The van der Waals surface area contributed by atoms with Crippen LogP contribution in [0.15, 0.2) is 110 Å². The molecular formula is C34H32O5. The number of rotatable bonds is 11. The number of ether oxygens (including phenoxy) is 4. The fourth-order valence-corrected chi connectivity index (χ4v) is 4.05. The Balaban J connectivity index is 1.43. The predicted octanol–water partition coefficient (Wildman–Crippen LogP) is 6.51.